The van der Waals surface area contributed by atoms with Gasteiger partial charge in [0.25, 0.3) is 0 Å². The number of nitrogens with zero attached hydrogens (tertiary/aromatic N) is 1. The molecule has 1 aromatic heterocycles. The molecule has 0 unspecified atom stereocenters. The number of hydrogen-bond acceptors (Lipinski definition) is 3. The van der Waals surface area contributed by atoms with Crippen molar-refractivity contribution < 1.29 is 4.79 Å². The summed E-state index contributed by atoms with van der Waals surface area (Å²) < 4.78 is 0. The SMILES string of the molecule is O=C(CNc1ccccc1)Nc1cccnc1. The molecule has 0 aliphatic carbocycles. The lowest BCUT2D eigenvalue weighted by Gasteiger charge is -2.07. The zero-order chi connectivity index (χ0) is 11.9. The third-order valence-corrected chi connectivity index (χ3v) is 2.17. The second-order valence-corrected chi connectivity index (χ2v) is 3.51. The summed E-state index contributed by atoms with van der Waals surface area (Å²) in [5, 5.41) is 5.78. The van der Waals surface area contributed by atoms with Crippen molar-refractivity contribution in [3.63, 3.8) is 0 Å². The van der Waals surface area contributed by atoms with Gasteiger partial charge in [0.1, 0.15) is 0 Å². The lowest BCUT2D eigenvalue weighted by Crippen LogP contribution is -2.21. The van der Waals surface area contributed by atoms with E-state index in [9.17, 15) is 4.79 Å². The molecule has 1 heterocycles. The summed E-state index contributed by atoms with van der Waals surface area (Å²) in [6, 6.07) is 13.2. The van der Waals surface area contributed by atoms with Gasteiger partial charge < -0.3 is 10.6 Å². The highest BCUT2D eigenvalue weighted by Gasteiger charge is 2.01. The number of nitrogens with one attached hydrogen (secondary N) is 2. The summed E-state index contributed by atoms with van der Waals surface area (Å²) in [6.45, 7) is 0.235. The molecule has 2 N–H and O–H groups in total. The molecule has 17 heavy (non-hydrogen) atoms. The lowest BCUT2D eigenvalue weighted by atomic mass is 10.3. The van der Waals surface area contributed by atoms with E-state index in [2.05, 4.69) is 15.6 Å². The minimum atomic E-state index is -0.0955. The van der Waals surface area contributed by atoms with Gasteiger partial charge in [-0.05, 0) is 24.3 Å². The van der Waals surface area contributed by atoms with Gasteiger partial charge in [0.15, 0.2) is 0 Å². The molecule has 4 nitrogen and oxygen atoms in total. The van der Waals surface area contributed by atoms with Crippen molar-refractivity contribution in [1.82, 2.24) is 4.98 Å². The smallest absolute Gasteiger partial charge is 0.243 e. The molecule has 0 atom stereocenters. The first-order chi connectivity index (χ1) is 8.34. The molecule has 2 rings (SSSR count). The number of aromatic nitrogens is 1. The van der Waals surface area contributed by atoms with Gasteiger partial charge in [0.2, 0.25) is 5.91 Å². The molecule has 1 aromatic carbocycles. The molecule has 0 saturated heterocycles. The first kappa shape index (κ1) is 11.1. The Kier molecular flexibility index (Phi) is 3.70. The van der Waals surface area contributed by atoms with Crippen LogP contribution in [0.1, 0.15) is 0 Å². The normalized spacial score (nSPS) is 9.65. The van der Waals surface area contributed by atoms with Crippen molar-refractivity contribution in [2.24, 2.45) is 0 Å². The van der Waals surface area contributed by atoms with E-state index in [-0.39, 0.29) is 12.5 Å². The summed E-state index contributed by atoms with van der Waals surface area (Å²) in [5.41, 5.74) is 1.63. The Balaban J connectivity index is 1.83. The van der Waals surface area contributed by atoms with Gasteiger partial charge in [-0.2, -0.15) is 0 Å². The molecule has 0 bridgehead atoms. The van der Waals surface area contributed by atoms with Gasteiger partial charge in [0.05, 0.1) is 18.4 Å². The number of carbonyl (C=O) groups is 1. The van der Waals surface area contributed by atoms with E-state index in [1.165, 1.54) is 0 Å². The number of para-hydroxylation sites is 1. The Morgan fingerprint density at radius 3 is 2.53 bits per heavy atom. The van der Waals surface area contributed by atoms with E-state index in [4.69, 9.17) is 0 Å². The number of anilines is 2. The fourth-order valence-electron chi connectivity index (χ4n) is 1.38. The summed E-state index contributed by atoms with van der Waals surface area (Å²) in [4.78, 5) is 15.5. The van der Waals surface area contributed by atoms with Crippen LogP contribution in [0, 0.1) is 0 Å². The molecule has 2 aromatic rings. The van der Waals surface area contributed by atoms with Gasteiger partial charge in [0, 0.05) is 11.9 Å². The Hall–Kier alpha value is -2.36. The molecule has 0 radical (unpaired) electrons. The van der Waals surface area contributed by atoms with Crippen molar-refractivity contribution in [2.45, 2.75) is 0 Å². The van der Waals surface area contributed by atoms with Gasteiger partial charge in [-0.1, -0.05) is 18.2 Å². The highest BCUT2D eigenvalue weighted by Crippen LogP contribution is 2.05. The Morgan fingerprint density at radius 2 is 1.82 bits per heavy atom. The number of pyridine rings is 1. The average molecular weight is 227 g/mol. The molecule has 86 valence electrons. The van der Waals surface area contributed by atoms with E-state index in [0.29, 0.717) is 5.69 Å². The third kappa shape index (κ3) is 3.61. The molecule has 0 aliphatic rings. The fourth-order valence-corrected chi connectivity index (χ4v) is 1.38. The molecular weight excluding hydrogens is 214 g/mol. The zero-order valence-electron chi connectivity index (χ0n) is 9.26. The monoisotopic (exact) mass is 227 g/mol. The molecular formula is C13H13N3O. The second-order valence-electron chi connectivity index (χ2n) is 3.51. The van der Waals surface area contributed by atoms with Crippen molar-refractivity contribution in [2.75, 3.05) is 17.2 Å². The maximum atomic E-state index is 11.6. The summed E-state index contributed by atoms with van der Waals surface area (Å²) in [6.07, 6.45) is 3.28. The summed E-state index contributed by atoms with van der Waals surface area (Å²) >= 11 is 0. The van der Waals surface area contributed by atoms with Crippen LogP contribution in [0.3, 0.4) is 0 Å². The predicted molar refractivity (Wildman–Crippen MR) is 67.8 cm³/mol. The number of benzene rings is 1. The minimum absolute atomic E-state index is 0.0955. The van der Waals surface area contributed by atoms with Gasteiger partial charge in [-0.3, -0.25) is 9.78 Å². The molecule has 0 spiro atoms. The van der Waals surface area contributed by atoms with Crippen molar-refractivity contribution >= 4 is 17.3 Å². The molecule has 4 heteroatoms. The number of amides is 1. The molecule has 0 fully saturated rings. The topological polar surface area (TPSA) is 54.0 Å². The van der Waals surface area contributed by atoms with Crippen LogP contribution in [0.25, 0.3) is 0 Å². The second kappa shape index (κ2) is 5.65. The van der Waals surface area contributed by atoms with Crippen molar-refractivity contribution in [3.8, 4) is 0 Å². The van der Waals surface area contributed by atoms with Gasteiger partial charge in [-0.15, -0.1) is 0 Å². The molecule has 0 saturated carbocycles. The van der Waals surface area contributed by atoms with Crippen LogP contribution < -0.4 is 10.6 Å². The lowest BCUT2D eigenvalue weighted by molar-refractivity contribution is -0.114. The van der Waals surface area contributed by atoms with Crippen molar-refractivity contribution in [1.29, 1.82) is 0 Å². The van der Waals surface area contributed by atoms with Crippen LogP contribution in [-0.2, 0) is 4.79 Å². The molecule has 1 amide bonds. The first-order valence-electron chi connectivity index (χ1n) is 5.33. The number of carbonyl (C=O) groups excluding carboxylic acids is 1. The number of rotatable bonds is 4. The van der Waals surface area contributed by atoms with E-state index in [1.807, 2.05) is 30.3 Å². The van der Waals surface area contributed by atoms with Gasteiger partial charge >= 0.3 is 0 Å². The van der Waals surface area contributed by atoms with Crippen LogP contribution in [0.4, 0.5) is 11.4 Å². The van der Waals surface area contributed by atoms with E-state index in [0.717, 1.165) is 5.69 Å². The standard InChI is InChI=1S/C13H13N3O/c17-13(16-12-7-4-8-14-9-12)10-15-11-5-2-1-3-6-11/h1-9,15H,10H2,(H,16,17). The molecule has 0 aliphatic heterocycles. The Bertz CT molecular complexity index is 471. The van der Waals surface area contributed by atoms with Crippen LogP contribution in [0.2, 0.25) is 0 Å². The number of hydrogen-bond donors (Lipinski definition) is 2. The average Bonchev–Trinajstić information content (AvgIpc) is 2.39. The van der Waals surface area contributed by atoms with E-state index in [1.54, 1.807) is 24.5 Å². The van der Waals surface area contributed by atoms with Crippen LogP contribution in [-0.4, -0.2) is 17.4 Å². The van der Waals surface area contributed by atoms with Crippen molar-refractivity contribution in [3.05, 3.63) is 54.9 Å². The van der Waals surface area contributed by atoms with Gasteiger partial charge in [-0.25, -0.2) is 0 Å². The predicted octanol–water partition coefficient (Wildman–Crippen LogP) is 2.13. The highest BCUT2D eigenvalue weighted by atomic mass is 16.1. The van der Waals surface area contributed by atoms with Crippen LogP contribution in [0.5, 0.6) is 0 Å². The Morgan fingerprint density at radius 1 is 1.06 bits per heavy atom. The first-order valence-corrected chi connectivity index (χ1v) is 5.33. The third-order valence-electron chi connectivity index (χ3n) is 2.17. The highest BCUT2D eigenvalue weighted by molar-refractivity contribution is 5.93. The summed E-state index contributed by atoms with van der Waals surface area (Å²) in [5.74, 6) is -0.0955. The minimum Gasteiger partial charge on any atom is -0.376 e. The maximum Gasteiger partial charge on any atom is 0.243 e. The Labute approximate surface area is 99.7 Å². The quantitative estimate of drug-likeness (QED) is 0.841. The van der Waals surface area contributed by atoms with E-state index >= 15 is 0 Å². The fraction of sp³-hybridized carbons (Fsp3) is 0.0769. The maximum absolute atomic E-state index is 11.6. The van der Waals surface area contributed by atoms with Crippen LogP contribution in [0.15, 0.2) is 54.9 Å². The van der Waals surface area contributed by atoms with E-state index < -0.39 is 0 Å². The zero-order valence-corrected chi connectivity index (χ0v) is 9.26. The summed E-state index contributed by atoms with van der Waals surface area (Å²) in [7, 11) is 0. The largest absolute Gasteiger partial charge is 0.376 e. The van der Waals surface area contributed by atoms with Crippen LogP contribution >= 0.6 is 0 Å².